The third-order valence-electron chi connectivity index (χ3n) is 8.34. The average molecular weight is 769 g/mol. The van der Waals surface area contributed by atoms with Crippen LogP contribution in [0.25, 0.3) is 0 Å². The lowest BCUT2D eigenvalue weighted by Gasteiger charge is -2.39. The molecule has 0 atom stereocenters. The smallest absolute Gasteiger partial charge is 0.338 e. The van der Waals surface area contributed by atoms with Gasteiger partial charge in [0.25, 0.3) is 0 Å². The summed E-state index contributed by atoms with van der Waals surface area (Å²) in [4.78, 5) is 87.6. The van der Waals surface area contributed by atoms with Gasteiger partial charge < -0.3 is 42.6 Å². The first kappa shape index (κ1) is 41.9. The quantitative estimate of drug-likeness (QED) is 0.144. The number of rotatable bonds is 18. The highest BCUT2D eigenvalue weighted by Gasteiger charge is 2.37. The lowest BCUT2D eigenvalue weighted by molar-refractivity contribution is -0.0409. The molecule has 0 bridgehead atoms. The Morgan fingerprint density at radius 3 is 0.778 bits per heavy atom. The molecule has 0 saturated carbocycles. The van der Waals surface area contributed by atoms with E-state index in [1.165, 1.54) is 90.3 Å². The molecule has 0 unspecified atom stereocenters. The van der Waals surface area contributed by atoms with Gasteiger partial charge in [0.05, 0.1) is 56.0 Å². The Morgan fingerprint density at radius 1 is 0.426 bits per heavy atom. The number of methoxy groups -OCH3 is 6. The van der Waals surface area contributed by atoms with Crippen LogP contribution < -0.4 is 0 Å². The number of ether oxygens (including phenoxy) is 9. The minimum Gasteiger partial charge on any atom is -0.455 e. The molecule has 0 aromatic heterocycles. The van der Waals surface area contributed by atoms with E-state index in [1.807, 2.05) is 0 Å². The monoisotopic (exact) mass is 768 g/mol. The maximum atomic E-state index is 13.7. The van der Waals surface area contributed by atoms with E-state index in [9.17, 15) is 28.8 Å². The first-order valence-electron chi connectivity index (χ1n) is 16.8. The second kappa shape index (κ2) is 20.0. The van der Waals surface area contributed by atoms with E-state index < -0.39 is 36.2 Å². The Labute approximate surface area is 312 Å². The molecule has 6 amide bonds. The number of hydrogen-bond acceptors (Lipinski definition) is 15. The molecule has 3 aliphatic rings. The first-order valence-corrected chi connectivity index (χ1v) is 16.8. The molecule has 21 nitrogen and oxygen atoms in total. The van der Waals surface area contributed by atoms with Gasteiger partial charge in [-0.15, -0.1) is 0 Å². The molecule has 0 N–H and O–H groups in total. The number of esters is 3. The molecule has 300 valence electrons. The Kier molecular flexibility index (Phi) is 15.6. The minimum absolute atomic E-state index is 0.00194. The third-order valence-corrected chi connectivity index (χ3v) is 8.34. The van der Waals surface area contributed by atoms with Crippen LogP contribution in [0.15, 0.2) is 18.2 Å². The second-order valence-electron chi connectivity index (χ2n) is 12.6. The van der Waals surface area contributed by atoms with Gasteiger partial charge in [-0.2, -0.15) is 0 Å². The largest absolute Gasteiger partial charge is 0.455 e. The molecule has 3 fully saturated rings. The van der Waals surface area contributed by atoms with Crippen LogP contribution in [-0.2, 0) is 42.6 Å². The summed E-state index contributed by atoms with van der Waals surface area (Å²) in [5, 5.41) is 0. The highest BCUT2D eigenvalue weighted by Crippen LogP contribution is 2.21. The van der Waals surface area contributed by atoms with Crippen molar-refractivity contribution in [2.45, 2.75) is 18.3 Å². The lowest BCUT2D eigenvalue weighted by Crippen LogP contribution is -2.57. The summed E-state index contributed by atoms with van der Waals surface area (Å²) in [6.45, 7) is -0.422. The van der Waals surface area contributed by atoms with Crippen molar-refractivity contribution in [1.29, 1.82) is 0 Å². The van der Waals surface area contributed by atoms with Crippen LogP contribution in [-0.4, -0.2) is 206 Å². The van der Waals surface area contributed by atoms with Crippen molar-refractivity contribution in [3.63, 3.8) is 0 Å². The van der Waals surface area contributed by atoms with Crippen molar-refractivity contribution >= 4 is 36.0 Å². The number of hydrogen-bond donors (Lipinski definition) is 0. The number of amides is 6. The maximum absolute atomic E-state index is 13.7. The van der Waals surface area contributed by atoms with Gasteiger partial charge in [-0.3, -0.25) is 29.4 Å². The lowest BCUT2D eigenvalue weighted by atomic mass is 10.0. The van der Waals surface area contributed by atoms with E-state index in [1.54, 1.807) is 0 Å². The van der Waals surface area contributed by atoms with Crippen molar-refractivity contribution in [2.75, 3.05) is 122 Å². The van der Waals surface area contributed by atoms with Crippen LogP contribution in [0.4, 0.5) is 14.4 Å². The van der Waals surface area contributed by atoms with Gasteiger partial charge in [-0.1, -0.05) is 0 Å². The molecule has 1 aromatic carbocycles. The van der Waals surface area contributed by atoms with Crippen LogP contribution in [0, 0.1) is 0 Å². The molecule has 54 heavy (non-hydrogen) atoms. The zero-order valence-corrected chi connectivity index (χ0v) is 31.3. The Bertz CT molecular complexity index is 1260. The maximum Gasteiger partial charge on any atom is 0.338 e. The molecular weight excluding hydrogens is 720 g/mol. The average Bonchev–Trinajstić information content (AvgIpc) is 3.14. The molecule has 3 aliphatic heterocycles. The van der Waals surface area contributed by atoms with E-state index in [4.69, 9.17) is 42.6 Å². The molecule has 3 heterocycles. The second-order valence-corrected chi connectivity index (χ2v) is 12.6. The van der Waals surface area contributed by atoms with Crippen LogP contribution in [0.5, 0.6) is 0 Å². The van der Waals surface area contributed by atoms with Crippen molar-refractivity contribution in [3.05, 3.63) is 34.9 Å². The highest BCUT2D eigenvalue weighted by molar-refractivity contribution is 6.00. The summed E-state index contributed by atoms with van der Waals surface area (Å²) in [6, 6.07) is 2.50. The van der Waals surface area contributed by atoms with Gasteiger partial charge in [0.15, 0.2) is 0 Å². The summed E-state index contributed by atoms with van der Waals surface area (Å²) in [6.07, 6.45) is -2.53. The van der Waals surface area contributed by atoms with Gasteiger partial charge in [0.2, 0.25) is 0 Å². The van der Waals surface area contributed by atoms with Crippen LogP contribution >= 0.6 is 0 Å². The number of nitrogens with zero attached hydrogens (tertiary/aromatic N) is 6. The van der Waals surface area contributed by atoms with Crippen molar-refractivity contribution in [2.24, 2.45) is 0 Å². The first-order chi connectivity index (χ1) is 26.0. The van der Waals surface area contributed by atoms with E-state index in [0.29, 0.717) is 0 Å². The van der Waals surface area contributed by atoms with Gasteiger partial charge >= 0.3 is 36.0 Å². The summed E-state index contributed by atoms with van der Waals surface area (Å²) >= 11 is 0. The van der Waals surface area contributed by atoms with Gasteiger partial charge in [0, 0.05) is 42.7 Å². The molecular formula is C33H48N6O15. The molecule has 0 radical (unpaired) electrons. The minimum atomic E-state index is -0.908. The number of carbonyl (C=O) groups is 6. The summed E-state index contributed by atoms with van der Waals surface area (Å²) in [7, 11) is 8.50. The van der Waals surface area contributed by atoms with Crippen LogP contribution in [0.1, 0.15) is 31.1 Å². The molecule has 3 saturated heterocycles. The molecule has 0 spiro atoms. The molecule has 1 aromatic rings. The Hall–Kier alpha value is -4.80. The van der Waals surface area contributed by atoms with Gasteiger partial charge in [-0.25, -0.2) is 28.8 Å². The van der Waals surface area contributed by atoms with Crippen molar-refractivity contribution < 1.29 is 71.4 Å². The zero-order chi connectivity index (χ0) is 39.4. The Balaban J connectivity index is 1.62. The normalized spacial score (nSPS) is 17.8. The van der Waals surface area contributed by atoms with E-state index in [0.717, 1.165) is 0 Å². The van der Waals surface area contributed by atoms with Crippen molar-refractivity contribution in [3.8, 4) is 0 Å². The Morgan fingerprint density at radius 2 is 0.611 bits per heavy atom. The van der Waals surface area contributed by atoms with Crippen molar-refractivity contribution in [1.82, 2.24) is 29.4 Å². The third kappa shape index (κ3) is 10.7. The molecule has 4 rings (SSSR count). The predicted molar refractivity (Wildman–Crippen MR) is 182 cm³/mol. The number of benzene rings is 1. The van der Waals surface area contributed by atoms with Crippen LogP contribution in [0.2, 0.25) is 0 Å². The predicted octanol–water partition coefficient (Wildman–Crippen LogP) is 0.0990. The highest BCUT2D eigenvalue weighted by atomic mass is 16.6. The fourth-order valence-corrected chi connectivity index (χ4v) is 6.16. The zero-order valence-electron chi connectivity index (χ0n) is 31.3. The van der Waals surface area contributed by atoms with E-state index in [-0.39, 0.29) is 114 Å². The standard InChI is InChI=1S/C33H48N6O15/c1-46-16-34-10-25(11-35(17-47-2)31(34)43)52-28(40)22-7-23(29(41)53-26-12-36(18-48-3)32(44)37(13-26)19-49-4)9-24(8-22)30(42)54-27-14-38(20-50-5)33(45)39(15-27)21-51-6/h7-9,25-27H,10-21H2,1-6H3. The van der Waals surface area contributed by atoms with Crippen LogP contribution in [0.3, 0.4) is 0 Å². The van der Waals surface area contributed by atoms with E-state index >= 15 is 0 Å². The molecule has 21 heteroatoms. The van der Waals surface area contributed by atoms with Gasteiger partial charge in [-0.05, 0) is 18.2 Å². The summed E-state index contributed by atoms with van der Waals surface area (Å²) < 4.78 is 48.2. The SMILES string of the molecule is COCN1CC(OC(=O)c2cc(C(=O)OC3CN(COC)C(=O)N(COC)C3)cc(C(=O)OC3CN(COC)C(=O)N(COC)C3)c2)CN(COC)C1=O. The summed E-state index contributed by atoms with van der Waals surface area (Å²) in [5.74, 6) is -2.72. The number of urea groups is 3. The number of carbonyl (C=O) groups excluding carboxylic acids is 6. The fraction of sp³-hybridized carbons (Fsp3) is 0.636. The topological polar surface area (TPSA) is 205 Å². The fourth-order valence-electron chi connectivity index (χ4n) is 6.16. The molecule has 0 aliphatic carbocycles. The van der Waals surface area contributed by atoms with E-state index in [2.05, 4.69) is 0 Å². The summed E-state index contributed by atoms with van der Waals surface area (Å²) in [5.41, 5.74) is -0.565. The van der Waals surface area contributed by atoms with Gasteiger partial charge in [0.1, 0.15) is 58.7 Å².